The largest absolute Gasteiger partial charge is 0.348 e. The van der Waals surface area contributed by atoms with Gasteiger partial charge in [0, 0.05) is 17.7 Å². The van der Waals surface area contributed by atoms with E-state index in [2.05, 4.69) is 15.3 Å². The van der Waals surface area contributed by atoms with E-state index in [9.17, 15) is 9.59 Å². The van der Waals surface area contributed by atoms with Crippen LogP contribution in [0.15, 0.2) is 47.3 Å². The maximum absolute atomic E-state index is 12.3. The van der Waals surface area contributed by atoms with E-state index in [1.807, 2.05) is 30.3 Å². The fourth-order valence-corrected chi connectivity index (χ4v) is 2.69. The minimum atomic E-state index is -0.249. The van der Waals surface area contributed by atoms with E-state index < -0.39 is 0 Å². The van der Waals surface area contributed by atoms with Crippen molar-refractivity contribution >= 4 is 16.9 Å². The van der Waals surface area contributed by atoms with Crippen LogP contribution >= 0.6 is 0 Å². The van der Waals surface area contributed by atoms with E-state index in [0.29, 0.717) is 28.9 Å². The van der Waals surface area contributed by atoms with E-state index in [-0.39, 0.29) is 11.5 Å². The fraction of sp³-hybridized carbons (Fsp3) is 0.0625. The molecule has 1 amide bonds. The summed E-state index contributed by atoms with van der Waals surface area (Å²) in [6.45, 7) is 0.429. The highest BCUT2D eigenvalue weighted by Gasteiger charge is 2.23. The van der Waals surface area contributed by atoms with E-state index in [0.717, 1.165) is 11.1 Å². The molecule has 4 rings (SSSR count). The average Bonchev–Trinajstić information content (AvgIpc) is 2.88. The SMILES string of the molecule is O=C1NCc2c1cccc2-c1nc2ccccc2[nH]c1=O. The highest BCUT2D eigenvalue weighted by Crippen LogP contribution is 2.26. The zero-order valence-electron chi connectivity index (χ0n) is 11.0. The molecule has 3 aromatic rings. The topological polar surface area (TPSA) is 74.8 Å². The highest BCUT2D eigenvalue weighted by molar-refractivity contribution is 6.00. The molecule has 0 atom stereocenters. The maximum Gasteiger partial charge on any atom is 0.274 e. The first-order valence-electron chi connectivity index (χ1n) is 6.63. The van der Waals surface area contributed by atoms with Crippen molar-refractivity contribution in [3.63, 3.8) is 0 Å². The van der Waals surface area contributed by atoms with Crippen molar-refractivity contribution in [1.29, 1.82) is 0 Å². The van der Waals surface area contributed by atoms with E-state index in [1.165, 1.54) is 0 Å². The van der Waals surface area contributed by atoms with Crippen LogP contribution in [-0.2, 0) is 6.54 Å². The number of fused-ring (bicyclic) bond motifs is 2. The zero-order valence-corrected chi connectivity index (χ0v) is 11.0. The number of para-hydroxylation sites is 2. The quantitative estimate of drug-likeness (QED) is 0.712. The predicted molar refractivity (Wildman–Crippen MR) is 79.0 cm³/mol. The van der Waals surface area contributed by atoms with Gasteiger partial charge in [0.25, 0.3) is 11.5 Å². The van der Waals surface area contributed by atoms with Crippen LogP contribution in [0.2, 0.25) is 0 Å². The first kappa shape index (κ1) is 11.8. The first-order chi connectivity index (χ1) is 10.2. The molecule has 21 heavy (non-hydrogen) atoms. The lowest BCUT2D eigenvalue weighted by molar-refractivity contribution is 0.0966. The van der Waals surface area contributed by atoms with Crippen molar-refractivity contribution in [2.75, 3.05) is 0 Å². The first-order valence-corrected chi connectivity index (χ1v) is 6.63. The molecule has 0 fully saturated rings. The maximum atomic E-state index is 12.3. The fourth-order valence-electron chi connectivity index (χ4n) is 2.69. The second-order valence-electron chi connectivity index (χ2n) is 4.95. The third-order valence-electron chi connectivity index (χ3n) is 3.70. The van der Waals surface area contributed by atoms with Crippen LogP contribution < -0.4 is 10.9 Å². The summed E-state index contributed by atoms with van der Waals surface area (Å²) in [6, 6.07) is 12.7. The molecule has 2 N–H and O–H groups in total. The highest BCUT2D eigenvalue weighted by atomic mass is 16.2. The molecular weight excluding hydrogens is 266 g/mol. The van der Waals surface area contributed by atoms with Crippen LogP contribution in [0.4, 0.5) is 0 Å². The number of benzene rings is 2. The van der Waals surface area contributed by atoms with Crippen LogP contribution in [0.25, 0.3) is 22.3 Å². The summed E-state index contributed by atoms with van der Waals surface area (Å²) in [5, 5.41) is 2.77. The van der Waals surface area contributed by atoms with Crippen molar-refractivity contribution in [3.05, 3.63) is 63.9 Å². The molecule has 2 heterocycles. The number of aromatic amines is 1. The summed E-state index contributed by atoms with van der Waals surface area (Å²) in [4.78, 5) is 31.3. The molecule has 0 saturated heterocycles. The van der Waals surface area contributed by atoms with Crippen molar-refractivity contribution in [2.45, 2.75) is 6.54 Å². The van der Waals surface area contributed by atoms with Crippen molar-refractivity contribution in [1.82, 2.24) is 15.3 Å². The van der Waals surface area contributed by atoms with Gasteiger partial charge in [-0.25, -0.2) is 4.98 Å². The molecule has 1 aliphatic heterocycles. The second-order valence-corrected chi connectivity index (χ2v) is 4.95. The van der Waals surface area contributed by atoms with Crippen molar-refractivity contribution in [3.8, 4) is 11.3 Å². The summed E-state index contributed by atoms with van der Waals surface area (Å²) in [7, 11) is 0. The molecule has 2 aromatic carbocycles. The van der Waals surface area contributed by atoms with Gasteiger partial charge in [0.1, 0.15) is 5.69 Å². The molecule has 0 aliphatic carbocycles. The molecule has 102 valence electrons. The van der Waals surface area contributed by atoms with Gasteiger partial charge in [0.15, 0.2) is 0 Å². The summed E-state index contributed by atoms with van der Waals surface area (Å²) in [5.41, 5.74) is 3.68. The smallest absolute Gasteiger partial charge is 0.274 e. The molecule has 0 spiro atoms. The van der Waals surface area contributed by atoms with Gasteiger partial charge in [0.05, 0.1) is 11.0 Å². The van der Waals surface area contributed by atoms with Gasteiger partial charge in [-0.15, -0.1) is 0 Å². The molecule has 0 bridgehead atoms. The number of nitrogens with one attached hydrogen (secondary N) is 2. The van der Waals surface area contributed by atoms with Gasteiger partial charge in [-0.2, -0.15) is 0 Å². The Bertz CT molecular complexity index is 944. The Morgan fingerprint density at radius 3 is 2.67 bits per heavy atom. The molecule has 5 nitrogen and oxygen atoms in total. The van der Waals surface area contributed by atoms with E-state index in [4.69, 9.17) is 0 Å². The Labute approximate surface area is 119 Å². The summed E-state index contributed by atoms with van der Waals surface area (Å²) in [6.07, 6.45) is 0. The van der Waals surface area contributed by atoms with Crippen molar-refractivity contribution in [2.24, 2.45) is 0 Å². The number of nitrogens with zero attached hydrogens (tertiary/aromatic N) is 1. The predicted octanol–water partition coefficient (Wildman–Crippen LogP) is 1.83. The number of amides is 1. The Morgan fingerprint density at radius 2 is 1.76 bits per heavy atom. The number of rotatable bonds is 1. The summed E-state index contributed by atoms with van der Waals surface area (Å²) < 4.78 is 0. The molecule has 0 saturated carbocycles. The average molecular weight is 277 g/mol. The van der Waals surface area contributed by atoms with Gasteiger partial charge in [-0.05, 0) is 23.8 Å². The van der Waals surface area contributed by atoms with Gasteiger partial charge >= 0.3 is 0 Å². The molecule has 0 radical (unpaired) electrons. The number of H-pyrrole nitrogens is 1. The zero-order chi connectivity index (χ0) is 14.4. The summed E-state index contributed by atoms with van der Waals surface area (Å²) >= 11 is 0. The minimum Gasteiger partial charge on any atom is -0.348 e. The number of carbonyl (C=O) groups excluding carboxylic acids is 1. The number of hydrogen-bond donors (Lipinski definition) is 2. The number of carbonyl (C=O) groups is 1. The third-order valence-corrected chi connectivity index (χ3v) is 3.70. The normalized spacial score (nSPS) is 13.2. The number of aromatic nitrogens is 2. The van der Waals surface area contributed by atoms with Gasteiger partial charge in [-0.3, -0.25) is 9.59 Å². The van der Waals surface area contributed by atoms with Crippen LogP contribution in [0.3, 0.4) is 0 Å². The second kappa shape index (κ2) is 4.28. The number of hydrogen-bond acceptors (Lipinski definition) is 3. The van der Waals surface area contributed by atoms with E-state index >= 15 is 0 Å². The molecule has 5 heteroatoms. The molecular formula is C16H11N3O2. The standard InChI is InChI=1S/C16H11N3O2/c20-15-10-5-3-4-9(11(10)8-17-15)14-16(21)19-13-7-2-1-6-12(13)18-14/h1-7H,8H2,(H,17,20)(H,19,21). The Morgan fingerprint density at radius 1 is 0.952 bits per heavy atom. The third kappa shape index (κ3) is 1.74. The van der Waals surface area contributed by atoms with Gasteiger partial charge < -0.3 is 10.3 Å². The molecule has 1 aromatic heterocycles. The Kier molecular flexibility index (Phi) is 2.41. The van der Waals surface area contributed by atoms with Crippen LogP contribution in [-0.4, -0.2) is 15.9 Å². The Hall–Kier alpha value is -2.95. The summed E-state index contributed by atoms with van der Waals surface area (Å²) in [5.74, 6) is -0.107. The minimum absolute atomic E-state index is 0.107. The van der Waals surface area contributed by atoms with Gasteiger partial charge in [-0.1, -0.05) is 24.3 Å². The van der Waals surface area contributed by atoms with Crippen LogP contribution in [0.1, 0.15) is 15.9 Å². The lowest BCUT2D eigenvalue weighted by Gasteiger charge is -2.06. The lowest BCUT2D eigenvalue weighted by Crippen LogP contribution is -2.13. The van der Waals surface area contributed by atoms with Gasteiger partial charge in [0.2, 0.25) is 0 Å². The van der Waals surface area contributed by atoms with Crippen LogP contribution in [0.5, 0.6) is 0 Å². The van der Waals surface area contributed by atoms with Crippen molar-refractivity contribution < 1.29 is 4.79 Å². The molecule has 0 unspecified atom stereocenters. The van der Waals surface area contributed by atoms with Crippen LogP contribution in [0, 0.1) is 0 Å². The monoisotopic (exact) mass is 277 g/mol. The van der Waals surface area contributed by atoms with E-state index in [1.54, 1.807) is 12.1 Å². The lowest BCUT2D eigenvalue weighted by atomic mass is 10.0. The molecule has 1 aliphatic rings. The Balaban J connectivity index is 2.02.